The van der Waals surface area contributed by atoms with Crippen LogP contribution >= 0.6 is 15.9 Å². The van der Waals surface area contributed by atoms with Crippen molar-refractivity contribution in [2.75, 3.05) is 25.8 Å². The molecule has 0 N–H and O–H groups in total. The molecule has 1 aliphatic rings. The van der Waals surface area contributed by atoms with Gasteiger partial charge in [0, 0.05) is 42.3 Å². The van der Waals surface area contributed by atoms with Crippen molar-refractivity contribution < 1.29 is 14.2 Å². The second-order valence-electron chi connectivity index (χ2n) is 8.50. The van der Waals surface area contributed by atoms with E-state index in [1.54, 1.807) is 12.3 Å². The van der Waals surface area contributed by atoms with E-state index >= 15 is 0 Å². The molecule has 8 nitrogen and oxygen atoms in total. The van der Waals surface area contributed by atoms with Gasteiger partial charge < -0.3 is 19.1 Å². The molecule has 1 aromatic heterocycles. The third-order valence-electron chi connectivity index (χ3n) is 5.85. The van der Waals surface area contributed by atoms with E-state index in [2.05, 4.69) is 26.0 Å². The Morgan fingerprint density at radius 2 is 1.94 bits per heavy atom. The predicted octanol–water partition coefficient (Wildman–Crippen LogP) is 4.98. The normalized spacial score (nSPS) is 12.4. The molecule has 0 aliphatic carbocycles. The monoisotopic (exact) mass is 548 g/mol. The molecule has 0 saturated heterocycles. The maximum absolute atomic E-state index is 13.2. The molecule has 36 heavy (non-hydrogen) atoms. The smallest absolute Gasteiger partial charge is 0.282 e. The minimum atomic E-state index is -0.220. The largest absolute Gasteiger partial charge is 0.488 e. The Labute approximate surface area is 216 Å². The van der Waals surface area contributed by atoms with Gasteiger partial charge in [0.1, 0.15) is 18.2 Å². The van der Waals surface area contributed by atoms with Crippen LogP contribution in [0.5, 0.6) is 17.2 Å². The van der Waals surface area contributed by atoms with Gasteiger partial charge in [0.25, 0.3) is 5.56 Å². The minimum Gasteiger partial charge on any atom is -0.488 e. The number of nitrogens with zero attached hydrogens (tertiary/aromatic N) is 4. The summed E-state index contributed by atoms with van der Waals surface area (Å²) in [4.78, 5) is 19.9. The Kier molecular flexibility index (Phi) is 6.65. The molecule has 2 heterocycles. The van der Waals surface area contributed by atoms with E-state index in [1.807, 2.05) is 74.4 Å². The molecular formula is C27H25BrN4O4. The molecule has 0 unspecified atom stereocenters. The molecule has 0 spiro atoms. The molecule has 0 atom stereocenters. The first kappa shape index (κ1) is 23.9. The maximum atomic E-state index is 13.2. The van der Waals surface area contributed by atoms with Crippen molar-refractivity contribution in [3.8, 4) is 17.2 Å². The van der Waals surface area contributed by atoms with Crippen LogP contribution in [-0.4, -0.2) is 36.8 Å². The number of benzene rings is 3. The average molecular weight is 549 g/mol. The molecule has 0 fully saturated rings. The summed E-state index contributed by atoms with van der Waals surface area (Å²) < 4.78 is 19.2. The highest BCUT2D eigenvalue weighted by Gasteiger charge is 2.14. The number of halogens is 1. The fourth-order valence-corrected chi connectivity index (χ4v) is 4.25. The first-order chi connectivity index (χ1) is 17.4. The van der Waals surface area contributed by atoms with Crippen LogP contribution in [0.15, 0.2) is 69.0 Å². The summed E-state index contributed by atoms with van der Waals surface area (Å²) in [6.07, 6.45) is 2.20. The third kappa shape index (κ3) is 4.79. The zero-order valence-electron chi connectivity index (χ0n) is 20.2. The summed E-state index contributed by atoms with van der Waals surface area (Å²) in [6, 6.07) is 17.1. The molecular weight excluding hydrogens is 524 g/mol. The Hall–Kier alpha value is -3.85. The Balaban J connectivity index is 1.49. The molecule has 0 saturated carbocycles. The van der Waals surface area contributed by atoms with E-state index in [0.29, 0.717) is 41.3 Å². The average Bonchev–Trinajstić information content (AvgIpc) is 3.35. The lowest BCUT2D eigenvalue weighted by Crippen LogP contribution is -2.22. The highest BCUT2D eigenvalue weighted by atomic mass is 79.9. The van der Waals surface area contributed by atoms with Crippen molar-refractivity contribution in [1.82, 2.24) is 9.66 Å². The Morgan fingerprint density at radius 1 is 1.11 bits per heavy atom. The van der Waals surface area contributed by atoms with Gasteiger partial charge in [-0.15, -0.1) is 0 Å². The Morgan fingerprint density at radius 3 is 2.75 bits per heavy atom. The number of hydrogen-bond acceptors (Lipinski definition) is 7. The number of hydrogen-bond donors (Lipinski definition) is 0. The van der Waals surface area contributed by atoms with Gasteiger partial charge in [-0.3, -0.25) is 4.79 Å². The van der Waals surface area contributed by atoms with Gasteiger partial charge >= 0.3 is 0 Å². The van der Waals surface area contributed by atoms with Crippen molar-refractivity contribution in [3.63, 3.8) is 0 Å². The standard InChI is InChI=1S/C27H25BrN4O4/c1-4-26-30-22-9-7-19(28)12-21(22)27(33)32(26)29-14-18-6-8-20(31(2)3)13-24(18)34-15-17-5-10-23-25(11-17)36-16-35-23/h5-14H,4,15-16H2,1-3H3. The summed E-state index contributed by atoms with van der Waals surface area (Å²) >= 11 is 3.43. The molecule has 0 bridgehead atoms. The van der Waals surface area contributed by atoms with Gasteiger partial charge in [-0.2, -0.15) is 9.78 Å². The van der Waals surface area contributed by atoms with Crippen LogP contribution in [0.3, 0.4) is 0 Å². The summed E-state index contributed by atoms with van der Waals surface area (Å²) in [6.45, 7) is 2.51. The van der Waals surface area contributed by atoms with Gasteiger partial charge in [-0.25, -0.2) is 4.98 Å². The zero-order valence-corrected chi connectivity index (χ0v) is 21.8. The van der Waals surface area contributed by atoms with Crippen molar-refractivity contribution in [2.24, 2.45) is 5.10 Å². The van der Waals surface area contributed by atoms with Gasteiger partial charge in [0.05, 0.1) is 17.1 Å². The van der Waals surface area contributed by atoms with Gasteiger partial charge in [0.2, 0.25) is 6.79 Å². The van der Waals surface area contributed by atoms with Crippen LogP contribution in [0.25, 0.3) is 10.9 Å². The van der Waals surface area contributed by atoms with Crippen molar-refractivity contribution in [1.29, 1.82) is 0 Å². The third-order valence-corrected chi connectivity index (χ3v) is 6.34. The fraction of sp³-hybridized carbons (Fsp3) is 0.222. The van der Waals surface area contributed by atoms with E-state index in [-0.39, 0.29) is 12.4 Å². The first-order valence-corrected chi connectivity index (χ1v) is 12.3. The van der Waals surface area contributed by atoms with Crippen LogP contribution in [0.4, 0.5) is 5.69 Å². The summed E-state index contributed by atoms with van der Waals surface area (Å²) in [5.74, 6) is 2.67. The molecule has 3 aromatic carbocycles. The lowest BCUT2D eigenvalue weighted by atomic mass is 10.1. The van der Waals surface area contributed by atoms with Gasteiger partial charge in [0.15, 0.2) is 11.5 Å². The topological polar surface area (TPSA) is 78.2 Å². The van der Waals surface area contributed by atoms with E-state index in [9.17, 15) is 4.79 Å². The molecule has 184 valence electrons. The first-order valence-electron chi connectivity index (χ1n) is 11.5. The van der Waals surface area contributed by atoms with Gasteiger partial charge in [-0.1, -0.05) is 28.9 Å². The second kappa shape index (κ2) is 10.0. The summed E-state index contributed by atoms with van der Waals surface area (Å²) in [5, 5.41) is 5.04. The number of fused-ring (bicyclic) bond motifs is 2. The minimum absolute atomic E-state index is 0.220. The number of aromatic nitrogens is 2. The molecule has 4 aromatic rings. The number of anilines is 1. The van der Waals surface area contributed by atoms with Crippen LogP contribution in [0, 0.1) is 0 Å². The van der Waals surface area contributed by atoms with Crippen molar-refractivity contribution in [2.45, 2.75) is 20.0 Å². The molecule has 5 rings (SSSR count). The van der Waals surface area contributed by atoms with Crippen molar-refractivity contribution in [3.05, 3.63) is 86.4 Å². The lowest BCUT2D eigenvalue weighted by molar-refractivity contribution is 0.174. The Bertz CT molecular complexity index is 1530. The van der Waals surface area contributed by atoms with E-state index in [4.69, 9.17) is 14.2 Å². The van der Waals surface area contributed by atoms with Crippen LogP contribution < -0.4 is 24.7 Å². The van der Waals surface area contributed by atoms with E-state index in [0.717, 1.165) is 27.0 Å². The quantitative estimate of drug-likeness (QED) is 0.303. The predicted molar refractivity (Wildman–Crippen MR) is 144 cm³/mol. The highest BCUT2D eigenvalue weighted by molar-refractivity contribution is 9.10. The molecule has 0 amide bonds. The van der Waals surface area contributed by atoms with Crippen LogP contribution in [-0.2, 0) is 13.0 Å². The zero-order chi connectivity index (χ0) is 25.2. The van der Waals surface area contributed by atoms with Crippen LogP contribution in [0.1, 0.15) is 23.9 Å². The SMILES string of the molecule is CCc1nc2ccc(Br)cc2c(=O)n1N=Cc1ccc(N(C)C)cc1OCc1ccc2c(c1)OCO2. The lowest BCUT2D eigenvalue weighted by Gasteiger charge is -2.16. The van der Waals surface area contributed by atoms with Crippen molar-refractivity contribution >= 4 is 38.7 Å². The number of rotatable bonds is 7. The van der Waals surface area contributed by atoms with Crippen LogP contribution in [0.2, 0.25) is 0 Å². The number of aryl methyl sites for hydroxylation is 1. The molecule has 0 radical (unpaired) electrons. The highest BCUT2D eigenvalue weighted by Crippen LogP contribution is 2.33. The fourth-order valence-electron chi connectivity index (χ4n) is 3.89. The molecule has 1 aliphatic heterocycles. The number of ether oxygens (including phenoxy) is 3. The van der Waals surface area contributed by atoms with E-state index in [1.165, 1.54) is 4.68 Å². The van der Waals surface area contributed by atoms with Gasteiger partial charge in [-0.05, 0) is 48.0 Å². The molecule has 9 heteroatoms. The second-order valence-corrected chi connectivity index (χ2v) is 9.41. The summed E-state index contributed by atoms with van der Waals surface area (Å²) in [7, 11) is 3.94. The maximum Gasteiger partial charge on any atom is 0.282 e. The summed E-state index contributed by atoms with van der Waals surface area (Å²) in [5.41, 5.74) is 3.10. The van der Waals surface area contributed by atoms with E-state index < -0.39 is 0 Å².